The van der Waals surface area contributed by atoms with Gasteiger partial charge in [-0.15, -0.1) is 0 Å². The van der Waals surface area contributed by atoms with Gasteiger partial charge < -0.3 is 25.3 Å². The summed E-state index contributed by atoms with van der Waals surface area (Å²) in [5.74, 6) is -0.0737. The molecule has 2 N–H and O–H groups in total. The molecule has 4 heterocycles. The van der Waals surface area contributed by atoms with E-state index in [1.807, 2.05) is 48.2 Å². The van der Waals surface area contributed by atoms with Crippen molar-refractivity contribution in [1.82, 2.24) is 19.4 Å². The third-order valence-corrected chi connectivity index (χ3v) is 7.77. The van der Waals surface area contributed by atoms with Gasteiger partial charge in [0, 0.05) is 56.5 Å². The Balaban J connectivity index is 1.49. The molecule has 0 aliphatic carbocycles. The average molecular weight is 537 g/mol. The number of nitrogens with zero attached hydrogens (tertiary/aromatic N) is 7. The summed E-state index contributed by atoms with van der Waals surface area (Å²) in [5.41, 5.74) is 11.0. The van der Waals surface area contributed by atoms with Crippen LogP contribution in [0.5, 0.6) is 0 Å². The Bertz CT molecular complexity index is 1670. The lowest BCUT2D eigenvalue weighted by molar-refractivity contribution is -0.114. The second-order valence-electron chi connectivity index (χ2n) is 10.3. The van der Waals surface area contributed by atoms with Crippen LogP contribution in [0.1, 0.15) is 5.56 Å². The van der Waals surface area contributed by atoms with E-state index < -0.39 is 0 Å². The summed E-state index contributed by atoms with van der Waals surface area (Å²) in [4.78, 5) is 44.0. The van der Waals surface area contributed by atoms with Gasteiger partial charge in [-0.2, -0.15) is 4.98 Å². The van der Waals surface area contributed by atoms with Gasteiger partial charge >= 0.3 is 0 Å². The monoisotopic (exact) mass is 536 g/mol. The first kappa shape index (κ1) is 25.6. The molecule has 0 atom stereocenters. The second kappa shape index (κ2) is 10.1. The largest absolute Gasteiger partial charge is 0.369 e. The molecular formula is C30H32N8O2. The Morgan fingerprint density at radius 2 is 1.70 bits per heavy atom. The molecule has 1 amide bonds. The predicted molar refractivity (Wildman–Crippen MR) is 160 cm³/mol. The lowest BCUT2D eigenvalue weighted by Gasteiger charge is -2.38. The molecule has 40 heavy (non-hydrogen) atoms. The van der Waals surface area contributed by atoms with Crippen LogP contribution < -0.4 is 26.0 Å². The summed E-state index contributed by atoms with van der Waals surface area (Å²) < 4.78 is 1.60. The highest BCUT2D eigenvalue weighted by molar-refractivity contribution is 6.05. The second-order valence-corrected chi connectivity index (χ2v) is 10.3. The Morgan fingerprint density at radius 3 is 2.42 bits per heavy atom. The summed E-state index contributed by atoms with van der Waals surface area (Å²) in [6, 6.07) is 15.6. The van der Waals surface area contributed by atoms with Crippen LogP contribution in [0.3, 0.4) is 0 Å². The van der Waals surface area contributed by atoms with Gasteiger partial charge in [-0.25, -0.2) is 4.98 Å². The molecule has 0 radical (unpaired) electrons. The molecule has 1 fully saturated rings. The van der Waals surface area contributed by atoms with Crippen LogP contribution in [-0.4, -0.2) is 71.7 Å². The van der Waals surface area contributed by atoms with Crippen LogP contribution in [0, 0.1) is 6.92 Å². The number of benzene rings is 2. The minimum Gasteiger partial charge on any atom is -0.369 e. The number of anilines is 5. The zero-order valence-electron chi connectivity index (χ0n) is 22.7. The van der Waals surface area contributed by atoms with Gasteiger partial charge in [0.1, 0.15) is 5.69 Å². The third kappa shape index (κ3) is 4.36. The average Bonchev–Trinajstić information content (AvgIpc) is 2.97. The molecule has 10 nitrogen and oxygen atoms in total. The lowest BCUT2D eigenvalue weighted by atomic mass is 10.1. The third-order valence-electron chi connectivity index (χ3n) is 7.77. The van der Waals surface area contributed by atoms with E-state index in [1.54, 1.807) is 15.7 Å². The molecule has 2 aromatic heterocycles. The van der Waals surface area contributed by atoms with Crippen LogP contribution in [0.4, 0.5) is 28.7 Å². The van der Waals surface area contributed by atoms with Crippen LogP contribution in [0.2, 0.25) is 0 Å². The van der Waals surface area contributed by atoms with Gasteiger partial charge in [0.05, 0.1) is 17.1 Å². The van der Waals surface area contributed by atoms with Gasteiger partial charge in [-0.1, -0.05) is 18.7 Å². The number of pyridine rings is 1. The van der Waals surface area contributed by atoms with Gasteiger partial charge in [-0.3, -0.25) is 14.2 Å². The smallest absolute Gasteiger partial charge is 0.280 e. The Hall–Kier alpha value is -4.70. The van der Waals surface area contributed by atoms with E-state index in [9.17, 15) is 9.59 Å². The van der Waals surface area contributed by atoms with E-state index in [1.165, 1.54) is 6.08 Å². The molecule has 2 aliphatic rings. The lowest BCUT2D eigenvalue weighted by Crippen LogP contribution is -2.44. The molecule has 10 heteroatoms. The van der Waals surface area contributed by atoms with Crippen molar-refractivity contribution >= 4 is 45.6 Å². The van der Waals surface area contributed by atoms with Crippen LogP contribution >= 0.6 is 0 Å². The molecule has 6 rings (SSSR count). The molecule has 204 valence electrons. The van der Waals surface area contributed by atoms with Crippen molar-refractivity contribution in [3.63, 3.8) is 0 Å². The van der Waals surface area contributed by atoms with E-state index in [2.05, 4.69) is 45.5 Å². The van der Waals surface area contributed by atoms with Gasteiger partial charge in [0.2, 0.25) is 5.95 Å². The number of nitrogen functional groups attached to an aromatic ring is 1. The number of amides is 1. The maximum atomic E-state index is 14.3. The number of piperazine rings is 1. The number of aryl methyl sites for hydroxylation is 1. The quantitative estimate of drug-likeness (QED) is 0.397. The first-order valence-electron chi connectivity index (χ1n) is 13.4. The van der Waals surface area contributed by atoms with E-state index >= 15 is 0 Å². The number of hydrogen-bond acceptors (Lipinski definition) is 8. The van der Waals surface area contributed by atoms with E-state index in [-0.39, 0.29) is 17.4 Å². The maximum Gasteiger partial charge on any atom is 0.280 e. The molecule has 2 aliphatic heterocycles. The van der Waals surface area contributed by atoms with Crippen molar-refractivity contribution in [2.45, 2.75) is 6.92 Å². The Morgan fingerprint density at radius 1 is 0.975 bits per heavy atom. The number of carbonyl (C=O) groups is 1. The number of likely N-dealkylation sites (N-methyl/N-ethyl adjacent to an activating group) is 1. The Labute approximate surface area is 232 Å². The van der Waals surface area contributed by atoms with Crippen LogP contribution in [0.25, 0.3) is 16.7 Å². The van der Waals surface area contributed by atoms with Gasteiger partial charge in [0.25, 0.3) is 11.5 Å². The topological polar surface area (TPSA) is 104 Å². The van der Waals surface area contributed by atoms with Gasteiger partial charge in [0.15, 0.2) is 5.65 Å². The number of aromatic nitrogens is 3. The first-order valence-corrected chi connectivity index (χ1v) is 13.4. The number of para-hydroxylation sites is 1. The summed E-state index contributed by atoms with van der Waals surface area (Å²) in [5, 5.41) is 0.686. The minimum absolute atomic E-state index is 0.0972. The Kier molecular flexibility index (Phi) is 6.47. The van der Waals surface area contributed by atoms with Crippen molar-refractivity contribution < 1.29 is 4.79 Å². The van der Waals surface area contributed by atoms with Crippen molar-refractivity contribution in [2.75, 3.05) is 66.7 Å². The fraction of sp³-hybridized carbons (Fsp3) is 0.267. The normalized spacial score (nSPS) is 15.8. The highest BCUT2D eigenvalue weighted by Crippen LogP contribution is 2.39. The van der Waals surface area contributed by atoms with E-state index in [4.69, 9.17) is 5.73 Å². The van der Waals surface area contributed by atoms with Crippen LogP contribution in [0.15, 0.2) is 72.2 Å². The number of rotatable bonds is 4. The number of carbonyl (C=O) groups excluding carboxylic acids is 1. The summed E-state index contributed by atoms with van der Waals surface area (Å²) in [7, 11) is 2.13. The molecule has 0 unspecified atom stereocenters. The SMILES string of the molecule is C=CC(=O)N1CCN(c2cc3cnc(N)nc3n(-c3ccc(N4CCN(C)CC4)cc3)c2=O)c2cccc(C)c21. The summed E-state index contributed by atoms with van der Waals surface area (Å²) in [6.45, 7) is 10.4. The van der Waals surface area contributed by atoms with Crippen molar-refractivity contribution in [2.24, 2.45) is 0 Å². The molecule has 0 bridgehead atoms. The maximum absolute atomic E-state index is 14.3. The molecule has 2 aromatic carbocycles. The molecular weight excluding hydrogens is 504 g/mol. The number of hydrogen-bond donors (Lipinski definition) is 1. The van der Waals surface area contributed by atoms with Gasteiger partial charge in [-0.05, 0) is 62.0 Å². The highest BCUT2D eigenvalue weighted by atomic mass is 16.2. The fourth-order valence-electron chi connectivity index (χ4n) is 5.63. The van der Waals surface area contributed by atoms with E-state index in [0.717, 1.165) is 48.8 Å². The van der Waals surface area contributed by atoms with Crippen LogP contribution in [-0.2, 0) is 4.79 Å². The zero-order chi connectivity index (χ0) is 28.0. The van der Waals surface area contributed by atoms with Crippen molar-refractivity contribution in [1.29, 1.82) is 0 Å². The first-order chi connectivity index (χ1) is 19.4. The van der Waals surface area contributed by atoms with Crippen molar-refractivity contribution in [3.8, 4) is 5.69 Å². The summed E-state index contributed by atoms with van der Waals surface area (Å²) in [6.07, 6.45) is 2.97. The summed E-state index contributed by atoms with van der Waals surface area (Å²) >= 11 is 0. The molecule has 0 spiro atoms. The molecule has 0 saturated carbocycles. The van der Waals surface area contributed by atoms with E-state index in [0.29, 0.717) is 35.5 Å². The standard InChI is InChI=1S/C30H32N8O2/c1-4-26(39)37-17-16-36(24-7-5-6-20(2)27(24)37)25-18-21-19-32-30(31)33-28(21)38(29(25)40)23-10-8-22(9-11-23)35-14-12-34(3)13-15-35/h4-11,18-19H,1,12-17H2,2-3H3,(H2,31,32,33). The number of nitrogens with two attached hydrogens (primary N) is 1. The molecule has 1 saturated heterocycles. The fourth-order valence-corrected chi connectivity index (χ4v) is 5.63. The minimum atomic E-state index is -0.228. The van der Waals surface area contributed by atoms with Crippen molar-refractivity contribution in [3.05, 3.63) is 83.3 Å². The predicted octanol–water partition coefficient (Wildman–Crippen LogP) is 3.09. The zero-order valence-corrected chi connectivity index (χ0v) is 22.7. The number of fused-ring (bicyclic) bond motifs is 2. The molecule has 4 aromatic rings. The highest BCUT2D eigenvalue weighted by Gasteiger charge is 2.30.